The molecule has 1 heterocycles. The third-order valence-corrected chi connectivity index (χ3v) is 5.25. The van der Waals surface area contributed by atoms with Gasteiger partial charge in [-0.25, -0.2) is 0 Å². The van der Waals surface area contributed by atoms with Crippen molar-refractivity contribution in [2.45, 2.75) is 38.9 Å². The highest BCUT2D eigenvalue weighted by atomic mass is 16.2. The van der Waals surface area contributed by atoms with E-state index < -0.39 is 6.04 Å². The van der Waals surface area contributed by atoms with Crippen molar-refractivity contribution in [1.82, 2.24) is 10.2 Å². The summed E-state index contributed by atoms with van der Waals surface area (Å²) in [6.45, 7) is 6.20. The Morgan fingerprint density at radius 3 is 2.17 bits per heavy atom. The fraction of sp³-hybridized carbons (Fsp3) is 0.231. The molecule has 1 aliphatic heterocycles. The second kappa shape index (κ2) is 7.79. The van der Waals surface area contributed by atoms with Crippen molar-refractivity contribution in [3.05, 3.63) is 95.6 Å². The van der Waals surface area contributed by atoms with Crippen LogP contribution < -0.4 is 5.32 Å². The lowest BCUT2D eigenvalue weighted by molar-refractivity contribution is -0.127. The number of benzene rings is 3. The summed E-state index contributed by atoms with van der Waals surface area (Å²) in [6.07, 6.45) is 0. The van der Waals surface area contributed by atoms with Crippen molar-refractivity contribution >= 4 is 11.8 Å². The summed E-state index contributed by atoms with van der Waals surface area (Å²) in [5.74, 6) is -0.263. The van der Waals surface area contributed by atoms with E-state index in [-0.39, 0.29) is 17.4 Å². The summed E-state index contributed by atoms with van der Waals surface area (Å²) in [6, 6.07) is 24.9. The van der Waals surface area contributed by atoms with E-state index in [2.05, 4.69) is 23.5 Å². The van der Waals surface area contributed by atoms with Crippen molar-refractivity contribution in [3.63, 3.8) is 0 Å². The molecule has 0 spiro atoms. The Bertz CT molecular complexity index is 1080. The van der Waals surface area contributed by atoms with Crippen molar-refractivity contribution < 1.29 is 9.59 Å². The summed E-state index contributed by atoms with van der Waals surface area (Å²) in [5, 5.41) is 3.05. The van der Waals surface area contributed by atoms with Crippen LogP contribution in [0.15, 0.2) is 78.9 Å². The molecule has 0 aromatic heterocycles. The molecule has 2 amide bonds. The lowest BCUT2D eigenvalue weighted by atomic mass is 9.98. The Morgan fingerprint density at radius 2 is 1.47 bits per heavy atom. The molecule has 4 nitrogen and oxygen atoms in total. The van der Waals surface area contributed by atoms with Crippen LogP contribution in [0, 0.1) is 0 Å². The predicted molar refractivity (Wildman–Crippen MR) is 119 cm³/mol. The molecule has 4 heteroatoms. The molecule has 0 fully saturated rings. The summed E-state index contributed by atoms with van der Waals surface area (Å²) in [4.78, 5) is 28.2. The number of carbonyl (C=O) groups excluding carboxylic acids is 2. The van der Waals surface area contributed by atoms with Crippen molar-refractivity contribution in [3.8, 4) is 11.1 Å². The fourth-order valence-electron chi connectivity index (χ4n) is 3.99. The number of hydrogen-bond acceptors (Lipinski definition) is 2. The van der Waals surface area contributed by atoms with E-state index in [4.69, 9.17) is 0 Å². The van der Waals surface area contributed by atoms with Gasteiger partial charge < -0.3 is 10.2 Å². The van der Waals surface area contributed by atoms with E-state index in [0.717, 1.165) is 22.3 Å². The van der Waals surface area contributed by atoms with Crippen LogP contribution in [0.2, 0.25) is 0 Å². The number of hydrogen-bond donors (Lipinski definition) is 1. The molecular formula is C26H26N2O2. The molecule has 1 atom stereocenters. The Labute approximate surface area is 177 Å². The number of amides is 2. The van der Waals surface area contributed by atoms with Crippen LogP contribution in [-0.2, 0) is 11.3 Å². The first-order valence-electron chi connectivity index (χ1n) is 10.2. The van der Waals surface area contributed by atoms with Crippen molar-refractivity contribution in [1.29, 1.82) is 0 Å². The summed E-state index contributed by atoms with van der Waals surface area (Å²) in [5.41, 5.74) is 4.15. The third-order valence-electron chi connectivity index (χ3n) is 5.25. The Hall–Kier alpha value is -3.40. The maximum absolute atomic E-state index is 13.3. The molecule has 0 saturated carbocycles. The molecule has 4 rings (SSSR count). The highest BCUT2D eigenvalue weighted by molar-refractivity contribution is 6.04. The van der Waals surface area contributed by atoms with Gasteiger partial charge in [-0.1, -0.05) is 72.8 Å². The van der Waals surface area contributed by atoms with Crippen LogP contribution in [-0.4, -0.2) is 22.3 Å². The van der Waals surface area contributed by atoms with Crippen molar-refractivity contribution in [2.75, 3.05) is 0 Å². The number of rotatable bonds is 4. The molecule has 0 radical (unpaired) electrons. The highest BCUT2D eigenvalue weighted by Gasteiger charge is 2.41. The van der Waals surface area contributed by atoms with Gasteiger partial charge >= 0.3 is 0 Å². The first-order chi connectivity index (χ1) is 14.3. The topological polar surface area (TPSA) is 49.4 Å². The largest absolute Gasteiger partial charge is 0.349 e. The van der Waals surface area contributed by atoms with E-state index in [0.29, 0.717) is 12.1 Å². The molecule has 0 aliphatic carbocycles. The van der Waals surface area contributed by atoms with Gasteiger partial charge in [0.15, 0.2) is 0 Å². The Balaban J connectivity index is 1.73. The normalized spacial score (nSPS) is 15.8. The monoisotopic (exact) mass is 398 g/mol. The number of carbonyl (C=O) groups is 2. The van der Waals surface area contributed by atoms with Gasteiger partial charge in [0.25, 0.3) is 5.91 Å². The third kappa shape index (κ3) is 3.86. The Kier molecular flexibility index (Phi) is 5.17. The van der Waals surface area contributed by atoms with Crippen molar-refractivity contribution in [2.24, 2.45) is 0 Å². The van der Waals surface area contributed by atoms with E-state index >= 15 is 0 Å². The molecule has 3 aromatic carbocycles. The molecule has 30 heavy (non-hydrogen) atoms. The smallest absolute Gasteiger partial charge is 0.255 e. The molecule has 1 aliphatic rings. The zero-order valence-corrected chi connectivity index (χ0v) is 17.6. The van der Waals surface area contributed by atoms with Gasteiger partial charge in [0.1, 0.15) is 6.04 Å². The quantitative estimate of drug-likeness (QED) is 0.675. The molecule has 1 N–H and O–H groups in total. The standard InChI is InChI=1S/C26H26N2O2/c1-26(2,3)27-24(29)23-21-15-9-10-16-22(21)25(30)28(23)17-19-13-7-8-14-20(19)18-11-5-4-6-12-18/h4-16,23H,17H2,1-3H3,(H,27,29)/t23-/m1/s1. The second-order valence-corrected chi connectivity index (χ2v) is 8.69. The van der Waals surface area contributed by atoms with Gasteiger partial charge in [-0.3, -0.25) is 9.59 Å². The lowest BCUT2D eigenvalue weighted by Gasteiger charge is -2.29. The van der Waals surface area contributed by atoms with Gasteiger partial charge in [-0.05, 0) is 49.1 Å². The summed E-state index contributed by atoms with van der Waals surface area (Å²) >= 11 is 0. The lowest BCUT2D eigenvalue weighted by Crippen LogP contribution is -2.46. The molecule has 3 aromatic rings. The average Bonchev–Trinajstić information content (AvgIpc) is 3.00. The van der Waals surface area contributed by atoms with Gasteiger partial charge in [-0.15, -0.1) is 0 Å². The SMILES string of the molecule is CC(C)(C)NC(=O)[C@H]1c2ccccc2C(=O)N1Cc1ccccc1-c1ccccc1. The fourth-order valence-corrected chi connectivity index (χ4v) is 3.99. The summed E-state index contributed by atoms with van der Waals surface area (Å²) in [7, 11) is 0. The highest BCUT2D eigenvalue weighted by Crippen LogP contribution is 2.36. The van der Waals surface area contributed by atoms with Crippen LogP contribution in [0.3, 0.4) is 0 Å². The van der Waals surface area contributed by atoms with Crippen LogP contribution in [0.1, 0.15) is 48.3 Å². The maximum atomic E-state index is 13.3. The minimum Gasteiger partial charge on any atom is -0.349 e. The van der Waals surface area contributed by atoms with E-state index in [1.165, 1.54) is 0 Å². The average molecular weight is 399 g/mol. The first kappa shape index (κ1) is 19.9. The zero-order chi connectivity index (χ0) is 21.3. The van der Waals surface area contributed by atoms with Crippen LogP contribution in [0.4, 0.5) is 0 Å². The minimum atomic E-state index is -0.642. The maximum Gasteiger partial charge on any atom is 0.255 e. The van der Waals surface area contributed by atoms with Gasteiger partial charge in [0, 0.05) is 17.6 Å². The number of nitrogens with zero attached hydrogens (tertiary/aromatic N) is 1. The van der Waals surface area contributed by atoms with Crippen LogP contribution in [0.25, 0.3) is 11.1 Å². The van der Waals surface area contributed by atoms with Crippen LogP contribution in [0.5, 0.6) is 0 Å². The zero-order valence-electron chi connectivity index (χ0n) is 17.6. The Morgan fingerprint density at radius 1 is 0.867 bits per heavy atom. The second-order valence-electron chi connectivity index (χ2n) is 8.69. The first-order valence-corrected chi connectivity index (χ1v) is 10.2. The van der Waals surface area contributed by atoms with Crippen LogP contribution >= 0.6 is 0 Å². The molecule has 0 unspecified atom stereocenters. The predicted octanol–water partition coefficient (Wildman–Crippen LogP) is 4.97. The van der Waals surface area contributed by atoms with Gasteiger partial charge in [0.2, 0.25) is 5.91 Å². The summed E-state index contributed by atoms with van der Waals surface area (Å²) < 4.78 is 0. The van der Waals surface area contributed by atoms with E-state index in [1.807, 2.05) is 75.4 Å². The van der Waals surface area contributed by atoms with E-state index in [9.17, 15) is 9.59 Å². The van der Waals surface area contributed by atoms with Gasteiger partial charge in [0.05, 0.1) is 0 Å². The molecule has 152 valence electrons. The number of nitrogens with one attached hydrogen (secondary N) is 1. The minimum absolute atomic E-state index is 0.109. The molecule has 0 saturated heterocycles. The molecule has 0 bridgehead atoms. The number of fused-ring (bicyclic) bond motifs is 1. The van der Waals surface area contributed by atoms with E-state index in [1.54, 1.807) is 11.0 Å². The van der Waals surface area contributed by atoms with Gasteiger partial charge in [-0.2, -0.15) is 0 Å². The molecular weight excluding hydrogens is 372 g/mol.